The molecule has 6 atom stereocenters. The highest BCUT2D eigenvalue weighted by molar-refractivity contribution is 7.52. The van der Waals surface area contributed by atoms with Gasteiger partial charge in [-0.15, -0.1) is 0 Å². The van der Waals surface area contributed by atoms with E-state index in [0.29, 0.717) is 10.8 Å². The zero-order valence-electron chi connectivity index (χ0n) is 20.5. The van der Waals surface area contributed by atoms with Crippen molar-refractivity contribution < 1.29 is 37.4 Å². The zero-order chi connectivity index (χ0) is 28.0. The lowest BCUT2D eigenvalue weighted by Crippen LogP contribution is -2.38. The lowest BCUT2D eigenvalue weighted by atomic mass is 10.1. The van der Waals surface area contributed by atoms with Crippen molar-refractivity contribution in [2.45, 2.75) is 57.4 Å². The third-order valence-electron chi connectivity index (χ3n) is 5.16. The average Bonchev–Trinajstić information content (AvgIpc) is 3.15. The van der Waals surface area contributed by atoms with Crippen LogP contribution in [-0.4, -0.2) is 57.6 Å². The Labute approximate surface area is 214 Å². The van der Waals surface area contributed by atoms with Gasteiger partial charge in [0.05, 0.1) is 25.0 Å². The van der Waals surface area contributed by atoms with Gasteiger partial charge in [0.15, 0.2) is 0 Å². The van der Waals surface area contributed by atoms with Crippen molar-refractivity contribution in [1.29, 1.82) is 0 Å². The smallest absolute Gasteiger partial charge is 0.459 e. The SMILES string of the molecule is CC(C)OC(=O)[C@@H](C)N[P@](=O)(OC[C@H]1O[C@@H](n2cc(F)c(=O)[nH]c2=O)[C@H](N=[N+]=[N-])[C@@H]1O)Oc1ccccc1. The molecular formula is C21H26FN6O9P. The number of nitrogens with zero attached hydrogens (tertiary/aromatic N) is 4. The minimum absolute atomic E-state index is 0.126. The van der Waals surface area contributed by atoms with Gasteiger partial charge in [0, 0.05) is 4.91 Å². The van der Waals surface area contributed by atoms with Gasteiger partial charge in [-0.1, -0.05) is 23.3 Å². The second kappa shape index (κ2) is 12.3. The van der Waals surface area contributed by atoms with E-state index in [-0.39, 0.29) is 5.75 Å². The summed E-state index contributed by atoms with van der Waals surface area (Å²) in [6, 6.07) is 5.27. The predicted molar refractivity (Wildman–Crippen MR) is 129 cm³/mol. The third-order valence-corrected chi connectivity index (χ3v) is 6.80. The fourth-order valence-corrected chi connectivity index (χ4v) is 4.94. The first-order valence-corrected chi connectivity index (χ1v) is 12.8. The Morgan fingerprint density at radius 3 is 2.66 bits per heavy atom. The van der Waals surface area contributed by atoms with Gasteiger partial charge < -0.3 is 19.1 Å². The quantitative estimate of drug-likeness (QED) is 0.120. The Morgan fingerprint density at radius 1 is 1.34 bits per heavy atom. The largest absolute Gasteiger partial charge is 0.462 e. The first-order chi connectivity index (χ1) is 17.9. The van der Waals surface area contributed by atoms with E-state index in [1.165, 1.54) is 19.1 Å². The molecule has 2 heterocycles. The Bertz CT molecular complexity index is 1350. The summed E-state index contributed by atoms with van der Waals surface area (Å²) in [6.45, 7) is 3.99. The summed E-state index contributed by atoms with van der Waals surface area (Å²) in [6.07, 6.45) is -4.44. The van der Waals surface area contributed by atoms with Crippen LogP contribution in [0.25, 0.3) is 10.4 Å². The summed E-state index contributed by atoms with van der Waals surface area (Å²) < 4.78 is 49.7. The van der Waals surface area contributed by atoms with Crippen LogP contribution in [0, 0.1) is 5.82 Å². The van der Waals surface area contributed by atoms with Gasteiger partial charge in [-0.25, -0.2) is 9.36 Å². The molecule has 0 unspecified atom stereocenters. The molecule has 0 amide bonds. The third kappa shape index (κ3) is 7.07. The van der Waals surface area contributed by atoms with E-state index in [4.69, 9.17) is 24.1 Å². The molecule has 1 saturated heterocycles. The van der Waals surface area contributed by atoms with Gasteiger partial charge in [-0.2, -0.15) is 9.48 Å². The van der Waals surface area contributed by atoms with Gasteiger partial charge >= 0.3 is 19.4 Å². The van der Waals surface area contributed by atoms with Crippen LogP contribution in [-0.2, 0) is 23.4 Å². The Hall–Kier alpha value is -3.52. The number of H-pyrrole nitrogens is 1. The monoisotopic (exact) mass is 556 g/mol. The van der Waals surface area contributed by atoms with Crippen LogP contribution in [0.4, 0.5) is 4.39 Å². The van der Waals surface area contributed by atoms with Crippen LogP contribution in [0.3, 0.4) is 0 Å². The molecule has 3 rings (SSSR count). The summed E-state index contributed by atoms with van der Waals surface area (Å²) in [5.41, 5.74) is 6.55. The molecule has 0 bridgehead atoms. The highest BCUT2D eigenvalue weighted by Crippen LogP contribution is 2.46. The maximum atomic E-state index is 13.8. The number of carbonyl (C=O) groups excluding carboxylic acids is 1. The minimum Gasteiger partial charge on any atom is -0.462 e. The van der Waals surface area contributed by atoms with Gasteiger partial charge in [0.2, 0.25) is 5.82 Å². The molecule has 1 aliphatic heterocycles. The van der Waals surface area contributed by atoms with E-state index in [1.54, 1.807) is 37.0 Å². The van der Waals surface area contributed by atoms with Crippen LogP contribution < -0.4 is 20.9 Å². The Balaban J connectivity index is 1.84. The van der Waals surface area contributed by atoms with Gasteiger partial charge in [0.25, 0.3) is 5.56 Å². The number of aliphatic hydroxyl groups is 1. The predicted octanol–water partition coefficient (Wildman–Crippen LogP) is 1.75. The van der Waals surface area contributed by atoms with Crippen LogP contribution in [0.5, 0.6) is 5.75 Å². The van der Waals surface area contributed by atoms with Gasteiger partial charge in [0.1, 0.15) is 30.2 Å². The molecule has 1 fully saturated rings. The van der Waals surface area contributed by atoms with Crippen molar-refractivity contribution in [2.24, 2.45) is 5.11 Å². The Morgan fingerprint density at radius 2 is 2.03 bits per heavy atom. The maximum absolute atomic E-state index is 13.8. The van der Waals surface area contributed by atoms with E-state index >= 15 is 0 Å². The number of esters is 1. The maximum Gasteiger partial charge on any atom is 0.459 e. The number of hydrogen-bond acceptors (Lipinski definition) is 10. The normalized spacial score (nSPS) is 23.3. The van der Waals surface area contributed by atoms with Crippen molar-refractivity contribution in [3.63, 3.8) is 0 Å². The number of aliphatic hydroxyl groups excluding tert-OH is 1. The highest BCUT2D eigenvalue weighted by Gasteiger charge is 2.46. The first kappa shape index (κ1) is 29.0. The molecule has 1 aliphatic rings. The van der Waals surface area contributed by atoms with E-state index < -0.39 is 74.0 Å². The number of carbonyl (C=O) groups is 1. The number of halogens is 1. The summed E-state index contributed by atoms with van der Waals surface area (Å²) in [7, 11) is -4.35. The molecule has 38 heavy (non-hydrogen) atoms. The molecule has 1 aromatic heterocycles. The van der Waals surface area contributed by atoms with Gasteiger partial charge in [-0.05, 0) is 38.4 Å². The first-order valence-electron chi connectivity index (χ1n) is 11.3. The second-order valence-electron chi connectivity index (χ2n) is 8.43. The molecule has 0 aliphatic carbocycles. The molecular weight excluding hydrogens is 530 g/mol. The summed E-state index contributed by atoms with van der Waals surface area (Å²) >= 11 is 0. The number of ether oxygens (including phenoxy) is 2. The fraction of sp³-hybridized carbons (Fsp3) is 0.476. The summed E-state index contributed by atoms with van der Waals surface area (Å²) in [4.78, 5) is 40.2. The van der Waals surface area contributed by atoms with E-state index in [9.17, 15) is 28.4 Å². The van der Waals surface area contributed by atoms with Crippen LogP contribution in [0.1, 0.15) is 27.0 Å². The number of aromatic nitrogens is 2. The highest BCUT2D eigenvalue weighted by atomic mass is 31.2. The molecule has 0 spiro atoms. The second-order valence-corrected chi connectivity index (χ2v) is 10.1. The van der Waals surface area contributed by atoms with Crippen LogP contribution in [0.15, 0.2) is 51.2 Å². The van der Waals surface area contributed by atoms with Crippen molar-refractivity contribution in [3.8, 4) is 5.75 Å². The molecule has 0 saturated carbocycles. The van der Waals surface area contributed by atoms with Crippen molar-refractivity contribution in [1.82, 2.24) is 14.6 Å². The summed E-state index contributed by atoms with van der Waals surface area (Å²) in [5, 5.41) is 16.6. The zero-order valence-corrected chi connectivity index (χ0v) is 21.4. The lowest BCUT2D eigenvalue weighted by Gasteiger charge is -2.25. The number of nitrogens with one attached hydrogen (secondary N) is 2. The number of aromatic amines is 1. The van der Waals surface area contributed by atoms with Crippen molar-refractivity contribution in [2.75, 3.05) is 6.61 Å². The van der Waals surface area contributed by atoms with Crippen LogP contribution in [0.2, 0.25) is 0 Å². The van der Waals surface area contributed by atoms with Crippen molar-refractivity contribution >= 4 is 13.7 Å². The van der Waals surface area contributed by atoms with E-state index in [2.05, 4.69) is 15.1 Å². The fourth-order valence-electron chi connectivity index (χ4n) is 3.44. The molecule has 17 heteroatoms. The number of hydrogen-bond donors (Lipinski definition) is 3. The molecule has 0 radical (unpaired) electrons. The van der Waals surface area contributed by atoms with Crippen LogP contribution >= 0.6 is 7.75 Å². The molecule has 15 nitrogen and oxygen atoms in total. The van der Waals surface area contributed by atoms with Crippen molar-refractivity contribution in [3.05, 3.63) is 73.6 Å². The molecule has 2 aromatic rings. The topological polar surface area (TPSA) is 207 Å². The molecule has 1 aromatic carbocycles. The van der Waals surface area contributed by atoms with E-state index in [1.807, 2.05) is 0 Å². The van der Waals surface area contributed by atoms with Gasteiger partial charge in [-0.3, -0.25) is 23.7 Å². The number of benzene rings is 1. The van der Waals surface area contributed by atoms with E-state index in [0.717, 1.165) is 0 Å². The summed E-state index contributed by atoms with van der Waals surface area (Å²) in [5.74, 6) is -1.93. The number of rotatable bonds is 11. The molecule has 3 N–H and O–H groups in total. The number of para-hydroxylation sites is 1. The average molecular weight is 556 g/mol. The Kier molecular flexibility index (Phi) is 9.44. The standard InChI is InChI=1S/C21H26FN6O9P/c1-11(2)35-20(31)12(3)26-38(33,37-13-7-5-4-6-8-13)34-10-15-17(29)16(25-27-23)19(36-15)28-9-14(22)18(30)24-21(28)32/h4-9,11-12,15-17,19,29H,10H2,1-3H3,(H,26,33)(H,24,30,32)/t12-,15-,16-,17-,19-,38+/m1/s1. The minimum atomic E-state index is -4.35. The lowest BCUT2D eigenvalue weighted by molar-refractivity contribution is -0.149. The molecule has 206 valence electrons. The number of azide groups is 1.